The number of nitrogens with zero attached hydrogens (tertiary/aromatic N) is 3. The lowest BCUT2D eigenvalue weighted by Crippen LogP contribution is -2.10. The summed E-state index contributed by atoms with van der Waals surface area (Å²) in [6.45, 7) is 4.10. The van der Waals surface area contributed by atoms with Crippen molar-refractivity contribution in [3.63, 3.8) is 0 Å². The number of carbonyl (C=O) groups is 1. The number of benzene rings is 2. The first kappa shape index (κ1) is 19.6. The largest absolute Gasteiger partial charge is 0.490 e. The van der Waals surface area contributed by atoms with Gasteiger partial charge in [0.15, 0.2) is 11.5 Å². The fraction of sp³-hybridized carbons (Fsp3) is 0.150. The predicted molar refractivity (Wildman–Crippen MR) is 111 cm³/mol. The molecule has 7 nitrogen and oxygen atoms in total. The van der Waals surface area contributed by atoms with E-state index < -0.39 is 5.97 Å². The Kier molecular flexibility index (Phi) is 6.10. The molecule has 2 aromatic carbocycles. The zero-order valence-corrected chi connectivity index (χ0v) is 17.0. The van der Waals surface area contributed by atoms with Gasteiger partial charge in [0.25, 0.3) is 0 Å². The summed E-state index contributed by atoms with van der Waals surface area (Å²) in [5.74, 6) is 0.569. The Labute approximate surface area is 170 Å². The first-order valence-electron chi connectivity index (χ1n) is 8.57. The molecule has 0 atom stereocenters. The van der Waals surface area contributed by atoms with Crippen LogP contribution in [0.25, 0.3) is 0 Å². The van der Waals surface area contributed by atoms with Crippen LogP contribution in [0, 0.1) is 6.92 Å². The second kappa shape index (κ2) is 8.71. The number of carbonyl (C=O) groups excluding carboxylic acids is 1. The number of hydrogen-bond donors (Lipinski definition) is 1. The van der Waals surface area contributed by atoms with Gasteiger partial charge >= 0.3 is 5.97 Å². The Balaban J connectivity index is 1.89. The molecule has 0 amide bonds. The number of ether oxygens (including phenoxy) is 2. The summed E-state index contributed by atoms with van der Waals surface area (Å²) in [5, 5.41) is 4.30. The minimum Gasteiger partial charge on any atom is -0.490 e. The van der Waals surface area contributed by atoms with E-state index in [0.29, 0.717) is 34.1 Å². The maximum absolute atomic E-state index is 12.4. The molecule has 0 spiro atoms. The molecule has 0 aliphatic heterocycles. The van der Waals surface area contributed by atoms with E-state index in [9.17, 15) is 4.79 Å². The summed E-state index contributed by atoms with van der Waals surface area (Å²) in [5.41, 5.74) is 7.76. The fourth-order valence-corrected chi connectivity index (χ4v) is 3.02. The predicted octanol–water partition coefficient (Wildman–Crippen LogP) is 4.04. The number of imidazole rings is 1. The van der Waals surface area contributed by atoms with Crippen LogP contribution < -0.4 is 15.2 Å². The number of esters is 1. The van der Waals surface area contributed by atoms with Crippen molar-refractivity contribution in [2.24, 2.45) is 5.10 Å². The Bertz CT molecular complexity index is 1020. The summed E-state index contributed by atoms with van der Waals surface area (Å²) < 4.78 is 13.3. The van der Waals surface area contributed by atoms with Crippen LogP contribution in [0.15, 0.2) is 58.2 Å². The zero-order valence-electron chi connectivity index (χ0n) is 15.4. The molecule has 2 N–H and O–H groups in total. The number of anilines is 1. The highest BCUT2D eigenvalue weighted by Gasteiger charge is 2.17. The molecule has 3 aromatic rings. The van der Waals surface area contributed by atoms with Crippen LogP contribution in [0.5, 0.6) is 11.5 Å². The molecule has 3 rings (SSSR count). The summed E-state index contributed by atoms with van der Waals surface area (Å²) in [6, 6.07) is 12.3. The molecular formula is C20H19BrN4O3. The SMILES string of the molecule is CCOc1cc(C=Nn2cc(C)nc2N)cc(Br)c1OC(=O)c1ccccc1. The van der Waals surface area contributed by atoms with Crippen LogP contribution in [0.2, 0.25) is 0 Å². The summed E-state index contributed by atoms with van der Waals surface area (Å²) in [4.78, 5) is 16.5. The van der Waals surface area contributed by atoms with Crippen LogP contribution in [-0.4, -0.2) is 28.5 Å². The first-order chi connectivity index (χ1) is 13.5. The van der Waals surface area contributed by atoms with Crippen LogP contribution in [0.4, 0.5) is 5.95 Å². The molecule has 0 unspecified atom stereocenters. The van der Waals surface area contributed by atoms with Gasteiger partial charge in [-0.1, -0.05) is 18.2 Å². The van der Waals surface area contributed by atoms with Crippen molar-refractivity contribution in [1.82, 2.24) is 9.66 Å². The molecule has 0 bridgehead atoms. The van der Waals surface area contributed by atoms with Crippen molar-refractivity contribution in [3.8, 4) is 11.5 Å². The quantitative estimate of drug-likeness (QED) is 0.353. The van der Waals surface area contributed by atoms with Gasteiger partial charge < -0.3 is 15.2 Å². The Morgan fingerprint density at radius 2 is 2.07 bits per heavy atom. The number of nitrogens with two attached hydrogens (primary N) is 1. The van der Waals surface area contributed by atoms with E-state index in [4.69, 9.17) is 15.2 Å². The highest BCUT2D eigenvalue weighted by atomic mass is 79.9. The molecule has 0 saturated carbocycles. The molecule has 0 fully saturated rings. The van der Waals surface area contributed by atoms with Crippen LogP contribution in [0.3, 0.4) is 0 Å². The fourth-order valence-electron chi connectivity index (χ4n) is 2.48. The van der Waals surface area contributed by atoms with Gasteiger partial charge in [0.05, 0.1) is 34.7 Å². The number of aryl methyl sites for hydroxylation is 1. The van der Waals surface area contributed by atoms with Gasteiger partial charge in [-0.15, -0.1) is 0 Å². The van der Waals surface area contributed by atoms with Crippen molar-refractivity contribution in [2.45, 2.75) is 13.8 Å². The number of nitrogen functional groups attached to an aromatic ring is 1. The van der Waals surface area contributed by atoms with Gasteiger partial charge in [-0.2, -0.15) is 5.10 Å². The van der Waals surface area contributed by atoms with Gasteiger partial charge in [-0.3, -0.25) is 0 Å². The molecule has 144 valence electrons. The number of rotatable bonds is 6. The molecule has 0 saturated heterocycles. The molecule has 28 heavy (non-hydrogen) atoms. The van der Waals surface area contributed by atoms with Crippen LogP contribution >= 0.6 is 15.9 Å². The van der Waals surface area contributed by atoms with Crippen LogP contribution in [0.1, 0.15) is 28.5 Å². The molecule has 1 heterocycles. The maximum atomic E-state index is 12.4. The van der Waals surface area contributed by atoms with Gasteiger partial charge in [0.1, 0.15) is 0 Å². The Morgan fingerprint density at radius 1 is 1.32 bits per heavy atom. The van der Waals surface area contributed by atoms with Crippen molar-refractivity contribution in [1.29, 1.82) is 0 Å². The highest BCUT2D eigenvalue weighted by Crippen LogP contribution is 2.37. The average Bonchev–Trinajstić information content (AvgIpc) is 3.00. The topological polar surface area (TPSA) is 91.7 Å². The summed E-state index contributed by atoms with van der Waals surface area (Å²) >= 11 is 3.45. The lowest BCUT2D eigenvalue weighted by Gasteiger charge is -2.13. The molecule has 0 aliphatic rings. The summed E-state index contributed by atoms with van der Waals surface area (Å²) in [7, 11) is 0. The minimum atomic E-state index is -0.467. The summed E-state index contributed by atoms with van der Waals surface area (Å²) in [6.07, 6.45) is 3.34. The molecule has 0 aliphatic carbocycles. The molecular weight excluding hydrogens is 424 g/mol. The average molecular weight is 443 g/mol. The van der Waals surface area contributed by atoms with Crippen molar-refractivity contribution >= 4 is 34.1 Å². The standard InChI is InChI=1S/C20H19BrN4O3/c1-3-27-17-10-14(11-23-25-12-13(2)24-20(25)22)9-16(21)18(17)28-19(26)15-7-5-4-6-8-15/h4-12H,3H2,1-2H3,(H2,22,24). The van der Waals surface area contributed by atoms with E-state index in [1.54, 1.807) is 48.8 Å². The zero-order chi connectivity index (χ0) is 20.1. The van der Waals surface area contributed by atoms with Gasteiger partial charge in [-0.05, 0) is 59.6 Å². The first-order valence-corrected chi connectivity index (χ1v) is 9.36. The number of aromatic nitrogens is 2. The van der Waals surface area contributed by atoms with Crippen molar-refractivity contribution in [3.05, 3.63) is 70.0 Å². The van der Waals surface area contributed by atoms with E-state index in [1.165, 1.54) is 4.68 Å². The number of halogens is 1. The highest BCUT2D eigenvalue weighted by molar-refractivity contribution is 9.10. The van der Waals surface area contributed by atoms with E-state index in [2.05, 4.69) is 26.0 Å². The van der Waals surface area contributed by atoms with Gasteiger partial charge in [-0.25, -0.2) is 14.5 Å². The second-order valence-electron chi connectivity index (χ2n) is 5.85. The normalized spacial score (nSPS) is 11.0. The van der Waals surface area contributed by atoms with E-state index >= 15 is 0 Å². The monoisotopic (exact) mass is 442 g/mol. The second-order valence-corrected chi connectivity index (χ2v) is 6.70. The lowest BCUT2D eigenvalue weighted by atomic mass is 10.2. The smallest absolute Gasteiger partial charge is 0.343 e. The Morgan fingerprint density at radius 3 is 2.71 bits per heavy atom. The van der Waals surface area contributed by atoms with E-state index in [-0.39, 0.29) is 0 Å². The van der Waals surface area contributed by atoms with Crippen molar-refractivity contribution in [2.75, 3.05) is 12.3 Å². The number of hydrogen-bond acceptors (Lipinski definition) is 6. The van der Waals surface area contributed by atoms with Gasteiger partial charge in [0, 0.05) is 0 Å². The third-order valence-electron chi connectivity index (χ3n) is 3.70. The van der Waals surface area contributed by atoms with E-state index in [0.717, 1.165) is 11.3 Å². The maximum Gasteiger partial charge on any atom is 0.343 e. The molecule has 0 radical (unpaired) electrons. The lowest BCUT2D eigenvalue weighted by molar-refractivity contribution is 0.0727. The van der Waals surface area contributed by atoms with E-state index in [1.807, 2.05) is 19.9 Å². The van der Waals surface area contributed by atoms with Crippen LogP contribution in [-0.2, 0) is 0 Å². The van der Waals surface area contributed by atoms with Crippen molar-refractivity contribution < 1.29 is 14.3 Å². The molecule has 8 heteroatoms. The van der Waals surface area contributed by atoms with Gasteiger partial charge in [0.2, 0.25) is 5.95 Å². The Hall–Kier alpha value is -3.13. The minimum absolute atomic E-state index is 0.297. The molecule has 1 aromatic heterocycles. The third-order valence-corrected chi connectivity index (χ3v) is 4.29. The third kappa shape index (κ3) is 4.58.